The Hall–Kier alpha value is -0.120. The molecule has 0 atom stereocenters. The van der Waals surface area contributed by atoms with Crippen molar-refractivity contribution in [3.8, 4) is 0 Å². The average molecular weight is 211 g/mol. The Kier molecular flexibility index (Phi) is 2.82. The van der Waals surface area contributed by atoms with E-state index in [0.717, 1.165) is 6.54 Å². The molecule has 0 radical (unpaired) electrons. The average Bonchev–Trinajstić information content (AvgIpc) is 2.90. The van der Waals surface area contributed by atoms with Gasteiger partial charge in [0.1, 0.15) is 0 Å². The van der Waals surface area contributed by atoms with Gasteiger partial charge in [-0.3, -0.25) is 4.90 Å². The molecule has 0 heterocycles. The molecule has 0 aliphatic heterocycles. The van der Waals surface area contributed by atoms with Crippen molar-refractivity contribution in [2.75, 3.05) is 34.2 Å². The van der Waals surface area contributed by atoms with Gasteiger partial charge in [-0.05, 0) is 53.2 Å². The third kappa shape index (κ3) is 1.81. The van der Waals surface area contributed by atoms with E-state index in [0.29, 0.717) is 11.1 Å². The van der Waals surface area contributed by atoms with Crippen LogP contribution in [0.1, 0.15) is 32.1 Å². The fourth-order valence-electron chi connectivity index (χ4n) is 2.83. The lowest BCUT2D eigenvalue weighted by Crippen LogP contribution is -2.59. The van der Waals surface area contributed by atoms with E-state index in [1.807, 2.05) is 0 Å². The van der Waals surface area contributed by atoms with Crippen molar-refractivity contribution in [1.82, 2.24) is 9.80 Å². The first kappa shape index (κ1) is 11.4. The molecule has 0 spiro atoms. The first-order valence-electron chi connectivity index (χ1n) is 6.13. The summed E-state index contributed by atoms with van der Waals surface area (Å²) in [6, 6.07) is 0. The van der Waals surface area contributed by atoms with Crippen LogP contribution in [0.15, 0.2) is 0 Å². The molecule has 0 aromatic carbocycles. The molecule has 2 fully saturated rings. The maximum Gasteiger partial charge on any atom is 0.0330 e. The molecule has 0 saturated heterocycles. The standard InChI is InChI=1S/C12H25N3/c1-14(2)12(5-4-6-12)10-15(3)11(9-13)7-8-11/h4-10,13H2,1-3H3. The quantitative estimate of drug-likeness (QED) is 0.733. The van der Waals surface area contributed by atoms with E-state index in [1.165, 1.54) is 38.6 Å². The first-order chi connectivity index (χ1) is 7.05. The van der Waals surface area contributed by atoms with E-state index in [1.54, 1.807) is 0 Å². The van der Waals surface area contributed by atoms with Crippen LogP contribution in [0.3, 0.4) is 0 Å². The summed E-state index contributed by atoms with van der Waals surface area (Å²) in [5, 5.41) is 0. The molecule has 88 valence electrons. The van der Waals surface area contributed by atoms with Crippen molar-refractivity contribution in [2.24, 2.45) is 5.73 Å². The Morgan fingerprint density at radius 1 is 1.00 bits per heavy atom. The number of nitrogens with two attached hydrogens (primary N) is 1. The molecule has 2 aliphatic carbocycles. The fraction of sp³-hybridized carbons (Fsp3) is 1.00. The van der Waals surface area contributed by atoms with Crippen LogP contribution in [-0.4, -0.2) is 55.1 Å². The van der Waals surface area contributed by atoms with Gasteiger partial charge in [-0.2, -0.15) is 0 Å². The fourth-order valence-corrected chi connectivity index (χ4v) is 2.83. The number of hydrogen-bond acceptors (Lipinski definition) is 3. The van der Waals surface area contributed by atoms with Gasteiger partial charge < -0.3 is 10.6 Å². The normalized spacial score (nSPS) is 26.8. The molecule has 0 unspecified atom stereocenters. The maximum atomic E-state index is 5.87. The topological polar surface area (TPSA) is 32.5 Å². The van der Waals surface area contributed by atoms with Crippen LogP contribution >= 0.6 is 0 Å². The number of likely N-dealkylation sites (N-methyl/N-ethyl adjacent to an activating group) is 2. The highest BCUT2D eigenvalue weighted by Crippen LogP contribution is 2.44. The van der Waals surface area contributed by atoms with Crippen molar-refractivity contribution in [3.05, 3.63) is 0 Å². The molecule has 0 aromatic heterocycles. The van der Waals surface area contributed by atoms with Crippen LogP contribution in [0.25, 0.3) is 0 Å². The van der Waals surface area contributed by atoms with E-state index in [-0.39, 0.29) is 0 Å². The molecular formula is C12H25N3. The van der Waals surface area contributed by atoms with Crippen LogP contribution in [0.5, 0.6) is 0 Å². The Bertz CT molecular complexity index is 229. The second kappa shape index (κ2) is 3.72. The summed E-state index contributed by atoms with van der Waals surface area (Å²) < 4.78 is 0. The molecular weight excluding hydrogens is 186 g/mol. The first-order valence-corrected chi connectivity index (χ1v) is 6.13. The SMILES string of the molecule is CN(C)C1(CN(C)C2(CN)CC2)CCC1. The van der Waals surface area contributed by atoms with Crippen LogP contribution in [0, 0.1) is 0 Å². The van der Waals surface area contributed by atoms with Gasteiger partial charge in [0.15, 0.2) is 0 Å². The van der Waals surface area contributed by atoms with Gasteiger partial charge in [-0.1, -0.05) is 0 Å². The third-order valence-corrected chi connectivity index (χ3v) is 4.78. The minimum Gasteiger partial charge on any atom is -0.329 e. The summed E-state index contributed by atoms with van der Waals surface area (Å²) in [6.45, 7) is 2.02. The van der Waals surface area contributed by atoms with Gasteiger partial charge in [-0.25, -0.2) is 0 Å². The van der Waals surface area contributed by atoms with Gasteiger partial charge in [0, 0.05) is 24.2 Å². The van der Waals surface area contributed by atoms with Gasteiger partial charge in [-0.15, -0.1) is 0 Å². The monoisotopic (exact) mass is 211 g/mol. The van der Waals surface area contributed by atoms with Gasteiger partial charge in [0.05, 0.1) is 0 Å². The highest BCUT2D eigenvalue weighted by atomic mass is 15.3. The van der Waals surface area contributed by atoms with Crippen LogP contribution < -0.4 is 5.73 Å². The third-order valence-electron chi connectivity index (χ3n) is 4.78. The Balaban J connectivity index is 1.95. The molecule has 3 heteroatoms. The minimum atomic E-state index is 0.360. The lowest BCUT2D eigenvalue weighted by Gasteiger charge is -2.50. The number of rotatable bonds is 5. The molecule has 15 heavy (non-hydrogen) atoms. The van der Waals surface area contributed by atoms with Crippen molar-refractivity contribution in [3.63, 3.8) is 0 Å². The smallest absolute Gasteiger partial charge is 0.0330 e. The second-order valence-electron chi connectivity index (χ2n) is 5.76. The Morgan fingerprint density at radius 2 is 1.60 bits per heavy atom. The molecule has 3 nitrogen and oxygen atoms in total. The molecule has 2 N–H and O–H groups in total. The summed E-state index contributed by atoms with van der Waals surface area (Å²) in [7, 11) is 6.69. The van der Waals surface area contributed by atoms with Crippen molar-refractivity contribution in [2.45, 2.75) is 43.2 Å². The van der Waals surface area contributed by atoms with Gasteiger partial charge >= 0.3 is 0 Å². The predicted octanol–water partition coefficient (Wildman–Crippen LogP) is 0.894. The van der Waals surface area contributed by atoms with E-state index in [2.05, 4.69) is 30.9 Å². The summed E-state index contributed by atoms with van der Waals surface area (Å²) in [5.41, 5.74) is 6.67. The van der Waals surface area contributed by atoms with E-state index in [4.69, 9.17) is 5.73 Å². The number of hydrogen-bond donors (Lipinski definition) is 1. The minimum absolute atomic E-state index is 0.360. The molecule has 0 bridgehead atoms. The highest BCUT2D eigenvalue weighted by molar-refractivity contribution is 5.07. The predicted molar refractivity (Wildman–Crippen MR) is 63.9 cm³/mol. The molecule has 2 rings (SSSR count). The van der Waals surface area contributed by atoms with E-state index < -0.39 is 0 Å². The Labute approximate surface area is 93.6 Å². The molecule has 0 aromatic rings. The zero-order valence-electron chi connectivity index (χ0n) is 10.4. The second-order valence-corrected chi connectivity index (χ2v) is 5.76. The molecule has 0 amide bonds. The number of nitrogens with zero attached hydrogens (tertiary/aromatic N) is 2. The van der Waals surface area contributed by atoms with Gasteiger partial charge in [0.2, 0.25) is 0 Å². The zero-order chi connectivity index (χ0) is 11.1. The summed E-state index contributed by atoms with van der Waals surface area (Å²) in [4.78, 5) is 4.94. The van der Waals surface area contributed by atoms with Crippen LogP contribution in [0.4, 0.5) is 0 Å². The summed E-state index contributed by atoms with van der Waals surface area (Å²) >= 11 is 0. The van der Waals surface area contributed by atoms with E-state index >= 15 is 0 Å². The van der Waals surface area contributed by atoms with Crippen molar-refractivity contribution < 1.29 is 0 Å². The zero-order valence-corrected chi connectivity index (χ0v) is 10.4. The molecule has 2 saturated carbocycles. The highest BCUT2D eigenvalue weighted by Gasteiger charge is 2.49. The summed E-state index contributed by atoms with van der Waals surface area (Å²) in [5.74, 6) is 0. The Morgan fingerprint density at radius 3 is 1.87 bits per heavy atom. The van der Waals surface area contributed by atoms with Crippen LogP contribution in [-0.2, 0) is 0 Å². The lowest BCUT2D eigenvalue weighted by molar-refractivity contribution is 0.0130. The van der Waals surface area contributed by atoms with Crippen molar-refractivity contribution in [1.29, 1.82) is 0 Å². The van der Waals surface area contributed by atoms with Gasteiger partial charge in [0.25, 0.3) is 0 Å². The maximum absolute atomic E-state index is 5.87. The lowest BCUT2D eigenvalue weighted by atomic mass is 9.75. The largest absolute Gasteiger partial charge is 0.329 e. The molecule has 2 aliphatic rings. The van der Waals surface area contributed by atoms with Crippen molar-refractivity contribution >= 4 is 0 Å². The van der Waals surface area contributed by atoms with E-state index in [9.17, 15) is 0 Å². The summed E-state index contributed by atoms with van der Waals surface area (Å²) in [6.07, 6.45) is 6.69. The van der Waals surface area contributed by atoms with Crippen LogP contribution in [0.2, 0.25) is 0 Å².